The van der Waals surface area contributed by atoms with Gasteiger partial charge in [0.1, 0.15) is 6.61 Å². The number of anilines is 2. The van der Waals surface area contributed by atoms with Crippen molar-refractivity contribution >= 4 is 29.5 Å². The first-order valence-corrected chi connectivity index (χ1v) is 12.7. The van der Waals surface area contributed by atoms with Gasteiger partial charge in [-0.25, -0.2) is 4.79 Å². The molecule has 2 aromatic rings. The lowest BCUT2D eigenvalue weighted by atomic mass is 10.1. The van der Waals surface area contributed by atoms with Crippen molar-refractivity contribution in [3.63, 3.8) is 0 Å². The quantitative estimate of drug-likeness (QED) is 0.159. The SMILES string of the molecule is C=C(C)C(=O)OCCN(CC)c1ccc(C=Cc2ccc(N(CCCC)CCCC)cc2)cc1. The number of carbonyl (C=O) groups excluding carboxylic acids is 1. The van der Waals surface area contributed by atoms with E-state index in [-0.39, 0.29) is 5.97 Å². The van der Waals surface area contributed by atoms with E-state index in [1.807, 2.05) is 0 Å². The van der Waals surface area contributed by atoms with Gasteiger partial charge in [0.25, 0.3) is 0 Å². The smallest absolute Gasteiger partial charge is 0.333 e. The molecule has 4 heteroatoms. The molecule has 0 aliphatic carbocycles. The Morgan fingerprint density at radius 2 is 1.26 bits per heavy atom. The average molecular weight is 463 g/mol. The summed E-state index contributed by atoms with van der Waals surface area (Å²) in [6.07, 6.45) is 9.22. The maximum Gasteiger partial charge on any atom is 0.333 e. The Bertz CT molecular complexity index is 892. The lowest BCUT2D eigenvalue weighted by Gasteiger charge is -2.24. The predicted octanol–water partition coefficient (Wildman–Crippen LogP) is 7.21. The molecule has 0 atom stereocenters. The molecule has 0 saturated carbocycles. The number of esters is 1. The van der Waals surface area contributed by atoms with E-state index in [4.69, 9.17) is 4.74 Å². The summed E-state index contributed by atoms with van der Waals surface area (Å²) in [5, 5.41) is 0. The lowest BCUT2D eigenvalue weighted by Crippen LogP contribution is -2.28. The maximum atomic E-state index is 11.6. The topological polar surface area (TPSA) is 32.8 Å². The Balaban J connectivity index is 1.96. The largest absolute Gasteiger partial charge is 0.460 e. The third-order valence-electron chi connectivity index (χ3n) is 5.87. The van der Waals surface area contributed by atoms with Crippen LogP contribution in [0.1, 0.15) is 64.5 Å². The second kappa shape index (κ2) is 15.0. The number of benzene rings is 2. The zero-order valence-corrected chi connectivity index (χ0v) is 21.6. The molecular weight excluding hydrogens is 420 g/mol. The number of rotatable bonds is 15. The van der Waals surface area contributed by atoms with Crippen LogP contribution in [-0.4, -0.2) is 38.8 Å². The van der Waals surface area contributed by atoms with Crippen LogP contribution in [0, 0.1) is 0 Å². The molecule has 0 bridgehead atoms. The normalized spacial score (nSPS) is 10.9. The molecule has 0 spiro atoms. The van der Waals surface area contributed by atoms with E-state index in [2.05, 4.69) is 97.8 Å². The van der Waals surface area contributed by atoms with Gasteiger partial charge in [0.15, 0.2) is 0 Å². The standard InChI is InChI=1S/C30H42N2O2/c1-6-9-21-32(22-10-7-2)29-19-15-27(16-20-29)12-11-26-13-17-28(18-14-26)31(8-3)23-24-34-30(33)25(4)5/h11-20H,4,6-10,21-24H2,1-3,5H3. The van der Waals surface area contributed by atoms with Gasteiger partial charge in [0.05, 0.1) is 6.54 Å². The summed E-state index contributed by atoms with van der Waals surface area (Å²) >= 11 is 0. The third-order valence-corrected chi connectivity index (χ3v) is 5.87. The Labute approximate surface area is 206 Å². The maximum absolute atomic E-state index is 11.6. The molecular formula is C30H42N2O2. The molecule has 0 aliphatic rings. The van der Waals surface area contributed by atoms with Crippen LogP contribution >= 0.6 is 0 Å². The molecule has 0 saturated heterocycles. The van der Waals surface area contributed by atoms with Gasteiger partial charge < -0.3 is 14.5 Å². The summed E-state index contributed by atoms with van der Waals surface area (Å²) in [6, 6.07) is 17.4. The van der Waals surface area contributed by atoms with Crippen molar-refractivity contribution in [2.45, 2.75) is 53.4 Å². The molecule has 34 heavy (non-hydrogen) atoms. The fourth-order valence-electron chi connectivity index (χ4n) is 3.69. The number of hydrogen-bond donors (Lipinski definition) is 0. The first-order chi connectivity index (χ1) is 16.5. The van der Waals surface area contributed by atoms with E-state index < -0.39 is 0 Å². The minimum Gasteiger partial charge on any atom is -0.460 e. The van der Waals surface area contributed by atoms with Crippen molar-refractivity contribution in [3.8, 4) is 0 Å². The van der Waals surface area contributed by atoms with Crippen LogP contribution in [0.4, 0.5) is 11.4 Å². The van der Waals surface area contributed by atoms with Crippen LogP contribution in [0.25, 0.3) is 12.2 Å². The van der Waals surface area contributed by atoms with Crippen molar-refractivity contribution in [1.29, 1.82) is 0 Å². The molecule has 0 radical (unpaired) electrons. The highest BCUT2D eigenvalue weighted by atomic mass is 16.5. The van der Waals surface area contributed by atoms with Crippen LogP contribution < -0.4 is 9.80 Å². The highest BCUT2D eigenvalue weighted by molar-refractivity contribution is 5.86. The summed E-state index contributed by atoms with van der Waals surface area (Å²) in [5.41, 5.74) is 5.23. The monoisotopic (exact) mass is 462 g/mol. The fraction of sp³-hybridized carbons (Fsp3) is 0.433. The zero-order chi connectivity index (χ0) is 24.8. The van der Waals surface area contributed by atoms with Gasteiger partial charge in [0.2, 0.25) is 0 Å². The number of ether oxygens (including phenoxy) is 1. The summed E-state index contributed by atoms with van der Waals surface area (Å²) in [4.78, 5) is 16.3. The van der Waals surface area contributed by atoms with Crippen molar-refractivity contribution < 1.29 is 9.53 Å². The highest BCUT2D eigenvalue weighted by Crippen LogP contribution is 2.20. The Kier molecular flexibility index (Phi) is 12.0. The average Bonchev–Trinajstić information content (AvgIpc) is 2.86. The van der Waals surface area contributed by atoms with Gasteiger partial charge in [-0.1, -0.05) is 69.7 Å². The molecule has 4 nitrogen and oxygen atoms in total. The van der Waals surface area contributed by atoms with E-state index in [0.717, 1.165) is 30.9 Å². The van der Waals surface area contributed by atoms with Gasteiger partial charge in [-0.3, -0.25) is 0 Å². The number of likely N-dealkylation sites (N-methyl/N-ethyl adjacent to an activating group) is 1. The summed E-state index contributed by atoms with van der Waals surface area (Å²) in [5.74, 6) is -0.334. The van der Waals surface area contributed by atoms with Gasteiger partial charge in [-0.2, -0.15) is 0 Å². The number of nitrogens with zero attached hydrogens (tertiary/aromatic N) is 2. The highest BCUT2D eigenvalue weighted by Gasteiger charge is 2.08. The fourth-order valence-corrected chi connectivity index (χ4v) is 3.69. The van der Waals surface area contributed by atoms with E-state index in [9.17, 15) is 4.79 Å². The van der Waals surface area contributed by atoms with Gasteiger partial charge in [-0.15, -0.1) is 0 Å². The molecule has 2 aromatic carbocycles. The first kappa shape index (κ1) is 27.2. The van der Waals surface area contributed by atoms with Gasteiger partial charge in [-0.05, 0) is 62.1 Å². The van der Waals surface area contributed by atoms with E-state index in [1.165, 1.54) is 36.9 Å². The Morgan fingerprint density at radius 1 is 0.794 bits per heavy atom. The summed E-state index contributed by atoms with van der Waals surface area (Å²) in [7, 11) is 0. The van der Waals surface area contributed by atoms with Gasteiger partial charge >= 0.3 is 5.97 Å². The molecule has 0 amide bonds. The minimum atomic E-state index is -0.334. The number of carbonyl (C=O) groups is 1. The second-order valence-electron chi connectivity index (χ2n) is 8.71. The van der Waals surface area contributed by atoms with Crippen LogP contribution in [0.2, 0.25) is 0 Å². The van der Waals surface area contributed by atoms with Gasteiger partial charge in [0, 0.05) is 36.6 Å². The number of unbranched alkanes of at least 4 members (excludes halogenated alkanes) is 2. The van der Waals surface area contributed by atoms with Crippen LogP contribution in [0.5, 0.6) is 0 Å². The van der Waals surface area contributed by atoms with E-state index in [0.29, 0.717) is 18.7 Å². The van der Waals surface area contributed by atoms with E-state index >= 15 is 0 Å². The molecule has 184 valence electrons. The van der Waals surface area contributed by atoms with Crippen molar-refractivity contribution in [3.05, 3.63) is 71.8 Å². The van der Waals surface area contributed by atoms with E-state index in [1.54, 1.807) is 6.92 Å². The summed E-state index contributed by atoms with van der Waals surface area (Å²) < 4.78 is 5.24. The third kappa shape index (κ3) is 9.09. The van der Waals surface area contributed by atoms with Crippen LogP contribution in [0.15, 0.2) is 60.7 Å². The zero-order valence-electron chi connectivity index (χ0n) is 21.6. The Hall–Kier alpha value is -3.01. The molecule has 2 rings (SSSR count). The van der Waals surface area contributed by atoms with Crippen molar-refractivity contribution in [2.24, 2.45) is 0 Å². The number of hydrogen-bond acceptors (Lipinski definition) is 4. The van der Waals surface area contributed by atoms with Crippen molar-refractivity contribution in [2.75, 3.05) is 42.6 Å². The molecule has 0 heterocycles. The van der Waals surface area contributed by atoms with Crippen LogP contribution in [-0.2, 0) is 9.53 Å². The predicted molar refractivity (Wildman–Crippen MR) is 148 cm³/mol. The molecule has 0 unspecified atom stereocenters. The first-order valence-electron chi connectivity index (χ1n) is 12.7. The van der Waals surface area contributed by atoms with Crippen LogP contribution in [0.3, 0.4) is 0 Å². The lowest BCUT2D eigenvalue weighted by molar-refractivity contribution is -0.138. The summed E-state index contributed by atoms with van der Waals surface area (Å²) in [6.45, 7) is 16.0. The minimum absolute atomic E-state index is 0.334. The Morgan fingerprint density at radius 3 is 1.68 bits per heavy atom. The molecule has 0 aliphatic heterocycles. The van der Waals surface area contributed by atoms with Crippen molar-refractivity contribution in [1.82, 2.24) is 0 Å². The molecule has 0 aromatic heterocycles. The molecule has 0 fully saturated rings. The second-order valence-corrected chi connectivity index (χ2v) is 8.71. The molecule has 0 N–H and O–H groups in total.